The van der Waals surface area contributed by atoms with E-state index in [1.807, 2.05) is 41.0 Å². The number of amides is 2. The van der Waals surface area contributed by atoms with E-state index in [-0.39, 0.29) is 17.4 Å². The Kier molecular flexibility index (Phi) is 5.44. The SMILES string of the molecule is C=c1c2ccc3c4ccc5c6c(ccc(c7ccc(c(=O)n1CC[N+](C)(C)C)c2c37)c64)C(=O)N(CC[N+](C)(C)C)C5=O. The van der Waals surface area contributed by atoms with Crippen LogP contribution in [0.3, 0.4) is 0 Å². The number of hydrogen-bond donors (Lipinski definition) is 0. The van der Waals surface area contributed by atoms with Gasteiger partial charge in [0, 0.05) is 38.0 Å². The second-order valence-corrected chi connectivity index (χ2v) is 13.8. The molecule has 2 amide bonds. The quantitative estimate of drug-likeness (QED) is 0.133. The van der Waals surface area contributed by atoms with Crippen molar-refractivity contribution in [3.8, 4) is 0 Å². The van der Waals surface area contributed by atoms with E-state index in [1.165, 1.54) is 4.90 Å². The minimum atomic E-state index is -0.239. The molecule has 0 bridgehead atoms. The summed E-state index contributed by atoms with van der Waals surface area (Å²) in [4.78, 5) is 42.6. The van der Waals surface area contributed by atoms with Crippen molar-refractivity contribution >= 4 is 72.3 Å². The molecular weight excluding hydrogens is 524 g/mol. The molecule has 0 radical (unpaired) electrons. The standard InChI is InChI=1S/C35H36N4O3/c1-20-21-8-9-22-24-11-14-27-32-28(35(42)37(34(27)41)17-19-39(5,6)7)15-12-25(31(24)32)23-10-13-26(29(21)30(22)23)33(40)36(20)16-18-38(2,3)4/h8-15H,1,16-19H2,2-7H3/q+2. The number of quaternary nitrogens is 2. The van der Waals surface area contributed by atoms with Crippen LogP contribution in [0.25, 0.3) is 60.4 Å². The number of imide groups is 1. The fourth-order valence-corrected chi connectivity index (χ4v) is 6.70. The predicted molar refractivity (Wildman–Crippen MR) is 171 cm³/mol. The lowest BCUT2D eigenvalue weighted by molar-refractivity contribution is -0.871. The summed E-state index contributed by atoms with van der Waals surface area (Å²) in [7, 11) is 12.5. The minimum absolute atomic E-state index is 0.0224. The molecule has 0 atom stereocenters. The molecule has 5 aromatic carbocycles. The second-order valence-electron chi connectivity index (χ2n) is 13.8. The van der Waals surface area contributed by atoms with Gasteiger partial charge < -0.3 is 13.5 Å². The number of carbonyl (C=O) groups excluding carboxylic acids is 2. The fraction of sp³-hybridized carbons (Fsp3) is 0.286. The monoisotopic (exact) mass is 560 g/mol. The zero-order valence-corrected chi connectivity index (χ0v) is 25.2. The molecule has 7 nitrogen and oxygen atoms in total. The van der Waals surface area contributed by atoms with E-state index in [1.54, 1.807) is 0 Å². The average Bonchev–Trinajstić information content (AvgIpc) is 2.92. The number of benzene rings is 5. The minimum Gasteiger partial charge on any atom is -0.329 e. The number of pyridine rings is 1. The third-order valence-corrected chi connectivity index (χ3v) is 8.95. The molecule has 212 valence electrons. The van der Waals surface area contributed by atoms with E-state index < -0.39 is 0 Å². The molecule has 2 heterocycles. The summed E-state index contributed by atoms with van der Waals surface area (Å²) in [5.74, 6) is -0.479. The molecule has 1 aromatic heterocycles. The summed E-state index contributed by atoms with van der Waals surface area (Å²) in [5, 5.41) is 9.98. The van der Waals surface area contributed by atoms with Gasteiger partial charge in [-0.25, -0.2) is 0 Å². The van der Waals surface area contributed by atoms with Crippen LogP contribution in [0.1, 0.15) is 20.7 Å². The summed E-state index contributed by atoms with van der Waals surface area (Å²) in [6, 6.07) is 15.9. The molecule has 7 rings (SSSR count). The van der Waals surface area contributed by atoms with Crippen LogP contribution in [0.2, 0.25) is 0 Å². The highest BCUT2D eigenvalue weighted by Gasteiger charge is 2.35. The molecule has 0 unspecified atom stereocenters. The number of carbonyl (C=O) groups is 2. The van der Waals surface area contributed by atoms with Crippen LogP contribution in [0, 0.1) is 0 Å². The molecule has 42 heavy (non-hydrogen) atoms. The Morgan fingerprint density at radius 3 is 1.48 bits per heavy atom. The van der Waals surface area contributed by atoms with Crippen molar-refractivity contribution < 1.29 is 18.6 Å². The van der Waals surface area contributed by atoms with Gasteiger partial charge in [-0.2, -0.15) is 0 Å². The van der Waals surface area contributed by atoms with Crippen LogP contribution in [-0.4, -0.2) is 92.2 Å². The molecular formula is C35H36N4O3+2. The highest BCUT2D eigenvalue weighted by molar-refractivity contribution is 6.40. The van der Waals surface area contributed by atoms with Gasteiger partial charge >= 0.3 is 0 Å². The maximum Gasteiger partial charge on any atom is 0.261 e. The van der Waals surface area contributed by atoms with Crippen LogP contribution >= 0.6 is 0 Å². The second kappa shape index (κ2) is 8.60. The molecule has 0 fully saturated rings. The third kappa shape index (κ3) is 3.70. The van der Waals surface area contributed by atoms with Crippen molar-refractivity contribution in [1.82, 2.24) is 9.47 Å². The lowest BCUT2D eigenvalue weighted by Gasteiger charge is -2.31. The first-order valence-electron chi connectivity index (χ1n) is 14.5. The Hall–Kier alpha value is -4.33. The van der Waals surface area contributed by atoms with Gasteiger partial charge in [0.2, 0.25) is 0 Å². The first-order valence-corrected chi connectivity index (χ1v) is 14.5. The van der Waals surface area contributed by atoms with Gasteiger partial charge in [-0.05, 0) is 50.5 Å². The van der Waals surface area contributed by atoms with Gasteiger partial charge in [-0.1, -0.05) is 36.9 Å². The Bertz CT molecular complexity index is 2120. The normalized spacial score (nSPS) is 14.6. The number of aromatic nitrogens is 1. The van der Waals surface area contributed by atoms with E-state index in [4.69, 9.17) is 0 Å². The first kappa shape index (κ1) is 26.6. The Labute approximate surface area is 243 Å². The summed E-state index contributed by atoms with van der Waals surface area (Å²) in [6.45, 7) is 6.80. The van der Waals surface area contributed by atoms with E-state index >= 15 is 0 Å². The number of rotatable bonds is 6. The summed E-state index contributed by atoms with van der Waals surface area (Å²) in [6.07, 6.45) is 0. The van der Waals surface area contributed by atoms with Crippen LogP contribution in [-0.2, 0) is 6.54 Å². The zero-order chi connectivity index (χ0) is 29.9. The molecule has 0 N–H and O–H groups in total. The molecule has 0 saturated heterocycles. The molecule has 1 aliphatic rings. The summed E-state index contributed by atoms with van der Waals surface area (Å²) >= 11 is 0. The van der Waals surface area contributed by atoms with Gasteiger partial charge in [0.1, 0.15) is 0 Å². The number of fused-ring (bicyclic) bond motifs is 2. The maximum absolute atomic E-state index is 13.8. The van der Waals surface area contributed by atoms with Gasteiger partial charge in [0.15, 0.2) is 0 Å². The molecule has 0 spiro atoms. The molecule has 7 heteroatoms. The molecule has 0 saturated carbocycles. The number of hydrogen-bond acceptors (Lipinski definition) is 3. The predicted octanol–water partition coefficient (Wildman–Crippen LogP) is 4.19. The lowest BCUT2D eigenvalue weighted by Crippen LogP contribution is -2.47. The van der Waals surface area contributed by atoms with E-state index in [0.717, 1.165) is 64.9 Å². The van der Waals surface area contributed by atoms with E-state index in [0.29, 0.717) is 40.6 Å². The van der Waals surface area contributed by atoms with Crippen molar-refractivity contribution in [2.24, 2.45) is 0 Å². The first-order chi connectivity index (χ1) is 19.8. The van der Waals surface area contributed by atoms with Crippen LogP contribution < -0.4 is 10.9 Å². The largest absolute Gasteiger partial charge is 0.329 e. The maximum atomic E-state index is 13.8. The van der Waals surface area contributed by atoms with Crippen molar-refractivity contribution in [2.45, 2.75) is 6.54 Å². The van der Waals surface area contributed by atoms with Gasteiger partial charge in [0.05, 0.1) is 68.5 Å². The Morgan fingerprint density at radius 1 is 0.548 bits per heavy atom. The summed E-state index contributed by atoms with van der Waals surface area (Å²) < 4.78 is 3.22. The van der Waals surface area contributed by atoms with Gasteiger partial charge in [-0.15, -0.1) is 0 Å². The third-order valence-electron chi connectivity index (χ3n) is 8.95. The highest BCUT2D eigenvalue weighted by atomic mass is 16.2. The average molecular weight is 561 g/mol. The smallest absolute Gasteiger partial charge is 0.261 e. The Morgan fingerprint density at radius 2 is 0.952 bits per heavy atom. The molecule has 1 aliphatic heterocycles. The van der Waals surface area contributed by atoms with Crippen molar-refractivity contribution in [1.29, 1.82) is 0 Å². The Balaban J connectivity index is 1.52. The van der Waals surface area contributed by atoms with Crippen LogP contribution in [0.15, 0.2) is 53.3 Å². The topological polar surface area (TPSA) is 59.4 Å². The van der Waals surface area contributed by atoms with Gasteiger partial charge in [-0.3, -0.25) is 19.3 Å². The van der Waals surface area contributed by atoms with Crippen molar-refractivity contribution in [3.63, 3.8) is 0 Å². The van der Waals surface area contributed by atoms with Crippen LogP contribution in [0.4, 0.5) is 0 Å². The number of likely N-dealkylation sites (N-methyl/N-ethyl adjacent to an activating group) is 2. The van der Waals surface area contributed by atoms with E-state index in [2.05, 4.69) is 61.0 Å². The fourth-order valence-electron chi connectivity index (χ4n) is 6.70. The van der Waals surface area contributed by atoms with E-state index in [9.17, 15) is 14.4 Å². The summed E-state index contributed by atoms with van der Waals surface area (Å²) in [5.41, 5.74) is 1.11. The van der Waals surface area contributed by atoms with Gasteiger partial charge in [0.25, 0.3) is 17.4 Å². The van der Waals surface area contributed by atoms with Crippen LogP contribution in [0.5, 0.6) is 0 Å². The zero-order valence-electron chi connectivity index (χ0n) is 25.2. The lowest BCUT2D eigenvalue weighted by atomic mass is 9.84. The molecule has 0 aliphatic carbocycles. The highest BCUT2D eigenvalue weighted by Crippen LogP contribution is 2.45. The van der Waals surface area contributed by atoms with Crippen molar-refractivity contribution in [2.75, 3.05) is 61.9 Å². The number of nitrogens with zero attached hydrogens (tertiary/aromatic N) is 4. The van der Waals surface area contributed by atoms with Crippen molar-refractivity contribution in [3.05, 3.63) is 75.4 Å². The molecule has 6 aromatic rings.